The number of nitrogens with zero attached hydrogens (tertiary/aromatic N) is 1. The number of hydrogen-bond acceptors (Lipinski definition) is 16. The standard InChI is InChI=1S/C48H55IN4O12S2/c1-9-10-11-12-13-14-36(39-30(18-20-67-27(5)54)34(55)22-35(56)41(39)53-47(59)61-7)64-46-43(65-38-23-37(60-6)33(24-62-38)51-25(2)3)45(58)48(66-8,26(4)63-46)44(57)42-40-29(17-19-50-42)31-21-28(49)15-16-32(31)52-40/h11-12,15-19,21,25-26,33-34,36-38,43,45-46,51-52,55,58H,20,22-24H2,1-8H3,(H,53,59)/b12-11-,30-18-/t26?,33?,34-,36-,37?,38?,43?,45?,46?,48?/m0/s1. The summed E-state index contributed by atoms with van der Waals surface area (Å²) in [7, 11) is 2.71. The quantitative estimate of drug-likeness (QED) is 0.0782. The molecule has 2 fully saturated rings. The lowest BCUT2D eigenvalue weighted by Crippen LogP contribution is -2.68. The van der Waals surface area contributed by atoms with Crippen molar-refractivity contribution in [3.8, 4) is 23.7 Å². The van der Waals surface area contributed by atoms with Gasteiger partial charge in [-0.2, -0.15) is 0 Å². The number of aliphatic hydroxyl groups is 2. The summed E-state index contributed by atoms with van der Waals surface area (Å²) in [5.74, 6) is 10.3. The van der Waals surface area contributed by atoms with Crippen molar-refractivity contribution in [1.29, 1.82) is 0 Å². The van der Waals surface area contributed by atoms with Gasteiger partial charge in [0, 0.05) is 70.3 Å². The van der Waals surface area contributed by atoms with E-state index >= 15 is 4.79 Å². The lowest BCUT2D eigenvalue weighted by molar-refractivity contribution is -0.323. The van der Waals surface area contributed by atoms with Crippen molar-refractivity contribution >= 4 is 90.7 Å². The van der Waals surface area contributed by atoms with Crippen LogP contribution in [-0.2, 0) is 38.0 Å². The van der Waals surface area contributed by atoms with Crippen molar-refractivity contribution in [3.63, 3.8) is 0 Å². The Balaban J connectivity index is 1.50. The van der Waals surface area contributed by atoms with Crippen molar-refractivity contribution in [3.05, 3.63) is 74.8 Å². The molecule has 4 heterocycles. The van der Waals surface area contributed by atoms with Gasteiger partial charge in [0.15, 0.2) is 23.5 Å². The number of ether oxygens (including phenoxy) is 6. The van der Waals surface area contributed by atoms with Crippen LogP contribution in [0.25, 0.3) is 21.8 Å². The maximum absolute atomic E-state index is 15.4. The van der Waals surface area contributed by atoms with E-state index in [1.165, 1.54) is 19.1 Å². The number of rotatable bonds is 14. The monoisotopic (exact) mass is 1070 g/mol. The summed E-state index contributed by atoms with van der Waals surface area (Å²) in [6, 6.07) is 7.63. The van der Waals surface area contributed by atoms with Crippen LogP contribution in [-0.4, -0.2) is 142 Å². The zero-order chi connectivity index (χ0) is 48.6. The second-order valence-electron chi connectivity index (χ2n) is 16.2. The third kappa shape index (κ3) is 11.7. The zero-order valence-electron chi connectivity index (χ0n) is 38.3. The maximum Gasteiger partial charge on any atom is 0.411 e. The normalized spacial score (nSPS) is 27.8. The number of pyridine rings is 1. The van der Waals surface area contributed by atoms with Crippen LogP contribution < -0.4 is 10.6 Å². The molecule has 0 saturated carbocycles. The smallest absolute Gasteiger partial charge is 0.411 e. The molecule has 1 amide bonds. The molecule has 67 heavy (non-hydrogen) atoms. The van der Waals surface area contributed by atoms with Crippen molar-refractivity contribution in [2.45, 2.75) is 113 Å². The van der Waals surface area contributed by atoms with Gasteiger partial charge < -0.3 is 48.9 Å². The third-order valence-electron chi connectivity index (χ3n) is 11.6. The number of halogens is 1. The lowest BCUT2D eigenvalue weighted by Gasteiger charge is -2.51. The Hall–Kier alpha value is -4.10. The molecular weight excluding hydrogens is 1020 g/mol. The van der Waals surface area contributed by atoms with Crippen LogP contribution >= 0.6 is 46.1 Å². The van der Waals surface area contributed by atoms with E-state index in [9.17, 15) is 24.6 Å². The molecule has 1 aliphatic carbocycles. The Morgan fingerprint density at radius 1 is 1.15 bits per heavy atom. The molecule has 2 aromatic heterocycles. The number of aromatic amines is 1. The van der Waals surface area contributed by atoms with Gasteiger partial charge in [0.1, 0.15) is 28.8 Å². The fourth-order valence-electron chi connectivity index (χ4n) is 8.49. The van der Waals surface area contributed by atoms with Crippen molar-refractivity contribution < 1.29 is 57.8 Å². The molecule has 0 radical (unpaired) electrons. The molecule has 6 rings (SSSR count). The van der Waals surface area contributed by atoms with Gasteiger partial charge in [0.25, 0.3) is 0 Å². The Morgan fingerprint density at radius 3 is 2.60 bits per heavy atom. The molecule has 1 aromatic carbocycles. The first-order valence-corrected chi connectivity index (χ1v) is 24.8. The number of nitrogens with one attached hydrogen (secondary N) is 3. The van der Waals surface area contributed by atoms with Crippen molar-refractivity contribution in [2.75, 3.05) is 32.8 Å². The number of methoxy groups -OCH3 is 2. The third-order valence-corrected chi connectivity index (χ3v) is 14.4. The summed E-state index contributed by atoms with van der Waals surface area (Å²) in [5, 5.41) is 31.9. The van der Waals surface area contributed by atoms with Gasteiger partial charge in [0.05, 0.1) is 49.3 Å². The highest BCUT2D eigenvalue weighted by molar-refractivity contribution is 14.1. The highest BCUT2D eigenvalue weighted by Crippen LogP contribution is 2.46. The average Bonchev–Trinajstić information content (AvgIpc) is 3.66. The zero-order valence-corrected chi connectivity index (χ0v) is 42.1. The molecule has 16 nitrogen and oxygen atoms in total. The number of fused-ring (bicyclic) bond motifs is 3. The molecule has 5 N–H and O–H groups in total. The van der Waals surface area contributed by atoms with Gasteiger partial charge in [-0.25, -0.2) is 4.79 Å². The molecule has 3 aliphatic rings. The number of thioether (sulfide) groups is 2. The average molecular weight is 1070 g/mol. The number of alkyl carbamates (subject to hydrolysis) is 1. The molecule has 2 aliphatic heterocycles. The first-order chi connectivity index (χ1) is 32.1. The van der Waals surface area contributed by atoms with Crippen LogP contribution in [0.5, 0.6) is 0 Å². The molecule has 19 heteroatoms. The fourth-order valence-corrected chi connectivity index (χ4v) is 10.5. The molecular formula is C48H55IN4O12S2. The number of Topliss-reactive ketones (excluding diaryl/α,β-unsaturated/α-hetero) is 2. The molecule has 0 spiro atoms. The molecule has 10 atom stereocenters. The SMILES string of the molecule is CC#C/C=C\C#C[C@H](OC1OC(C)C(SC)(C(=O)c2nccc3c2[nH]c2ccc(I)cc23)C(O)C1OC1CC(OC)C(NC(C)C)CO1)C1=C(NC(=O)OC)C(=O)C[C@H](O)/C1=C/CSC(C)=O. The number of carbonyl (C=O) groups excluding carboxylic acids is 4. The van der Waals surface area contributed by atoms with Crippen molar-refractivity contribution in [1.82, 2.24) is 20.6 Å². The van der Waals surface area contributed by atoms with E-state index < -0.39 is 71.9 Å². The molecule has 2 saturated heterocycles. The van der Waals surface area contributed by atoms with Crippen LogP contribution in [0.3, 0.4) is 0 Å². The highest BCUT2D eigenvalue weighted by Gasteiger charge is 2.61. The van der Waals surface area contributed by atoms with Crippen LogP contribution in [0, 0.1) is 27.3 Å². The number of hydrogen-bond donors (Lipinski definition) is 5. The second-order valence-corrected chi connectivity index (χ2v) is 19.7. The van der Waals surface area contributed by atoms with Crippen LogP contribution in [0.4, 0.5) is 4.79 Å². The number of aliphatic hydroxyl groups excluding tert-OH is 2. The lowest BCUT2D eigenvalue weighted by atomic mass is 9.82. The van der Waals surface area contributed by atoms with Crippen molar-refractivity contribution in [2.24, 2.45) is 0 Å². The number of allylic oxidation sites excluding steroid dienone is 3. The Morgan fingerprint density at radius 2 is 1.91 bits per heavy atom. The van der Waals surface area contributed by atoms with E-state index in [4.69, 9.17) is 28.4 Å². The van der Waals surface area contributed by atoms with E-state index in [2.05, 4.69) is 66.9 Å². The predicted octanol–water partition coefficient (Wildman–Crippen LogP) is 5.34. The van der Waals surface area contributed by atoms with Gasteiger partial charge in [-0.15, -0.1) is 17.7 Å². The topological polar surface area (TPSA) is 217 Å². The number of carbonyl (C=O) groups is 4. The molecule has 358 valence electrons. The predicted molar refractivity (Wildman–Crippen MR) is 264 cm³/mol. The van der Waals surface area contributed by atoms with E-state index in [0.29, 0.717) is 5.52 Å². The van der Waals surface area contributed by atoms with Crippen LogP contribution in [0.1, 0.15) is 57.9 Å². The van der Waals surface area contributed by atoms with E-state index in [-0.39, 0.29) is 64.6 Å². The van der Waals surface area contributed by atoms with Gasteiger partial charge in [-0.1, -0.05) is 49.4 Å². The molecule has 3 aromatic rings. The summed E-state index contributed by atoms with van der Waals surface area (Å²) in [6.07, 6.45) is -3.69. The minimum atomic E-state index is -1.78. The number of aromatic nitrogens is 2. The summed E-state index contributed by atoms with van der Waals surface area (Å²) in [5.41, 5.74) is 1.16. The van der Waals surface area contributed by atoms with Gasteiger partial charge >= 0.3 is 6.09 Å². The van der Waals surface area contributed by atoms with E-state index in [0.717, 1.165) is 50.5 Å². The number of amides is 1. The first kappa shape index (κ1) is 52.3. The molecule has 8 unspecified atom stereocenters. The largest absolute Gasteiger partial charge is 0.453 e. The van der Waals surface area contributed by atoms with Crippen LogP contribution in [0.2, 0.25) is 0 Å². The first-order valence-electron chi connectivity index (χ1n) is 21.5. The Labute approximate surface area is 411 Å². The highest BCUT2D eigenvalue weighted by atomic mass is 127. The van der Waals surface area contributed by atoms with E-state index in [1.807, 2.05) is 38.1 Å². The summed E-state index contributed by atoms with van der Waals surface area (Å²) >= 11 is 4.26. The summed E-state index contributed by atoms with van der Waals surface area (Å²) < 4.78 is 36.5. The number of ketones is 2. The number of benzene rings is 1. The Kier molecular flexibility index (Phi) is 18.3. The minimum absolute atomic E-state index is 0.0524. The van der Waals surface area contributed by atoms with Gasteiger partial charge in [-0.3, -0.25) is 24.7 Å². The van der Waals surface area contributed by atoms with E-state index in [1.54, 1.807) is 39.5 Å². The number of H-pyrrole nitrogens is 1. The fraction of sp³-hybridized carbons (Fsp3) is 0.479. The van der Waals surface area contributed by atoms with Gasteiger partial charge in [-0.05, 0) is 84.7 Å². The summed E-state index contributed by atoms with van der Waals surface area (Å²) in [6.45, 7) is 8.87. The minimum Gasteiger partial charge on any atom is -0.453 e. The van der Waals surface area contributed by atoms with Gasteiger partial charge in [0.2, 0.25) is 5.78 Å². The maximum atomic E-state index is 15.4. The molecule has 0 bridgehead atoms. The van der Waals surface area contributed by atoms with Crippen LogP contribution in [0.15, 0.2) is 65.5 Å². The summed E-state index contributed by atoms with van der Waals surface area (Å²) in [4.78, 5) is 62.0. The Bertz CT molecular complexity index is 2580. The second kappa shape index (κ2) is 23.5.